The Morgan fingerprint density at radius 2 is 1.19 bits per heavy atom. The smallest absolute Gasteiger partial charge is 0.164 e. The fourth-order valence-electron chi connectivity index (χ4n) is 6.31. The number of halogens is 2. The van der Waals surface area contributed by atoms with Crippen LogP contribution in [0.2, 0.25) is 0 Å². The van der Waals surface area contributed by atoms with Gasteiger partial charge in [-0.1, -0.05) is 24.3 Å². The molecule has 218 valence electrons. The van der Waals surface area contributed by atoms with Gasteiger partial charge in [-0.3, -0.25) is 0 Å². The third kappa shape index (κ3) is 4.74. The van der Waals surface area contributed by atoms with Crippen molar-refractivity contribution in [3.05, 3.63) is 106 Å². The van der Waals surface area contributed by atoms with Crippen molar-refractivity contribution in [1.29, 1.82) is 0 Å². The summed E-state index contributed by atoms with van der Waals surface area (Å²) in [5.74, 6) is -0.228. The van der Waals surface area contributed by atoms with Gasteiger partial charge in [0.05, 0.1) is 26.4 Å². The molecule has 6 nitrogen and oxygen atoms in total. The molecule has 0 fully saturated rings. The molecule has 0 aliphatic carbocycles. The van der Waals surface area contributed by atoms with Crippen LogP contribution in [0, 0.1) is 11.6 Å². The summed E-state index contributed by atoms with van der Waals surface area (Å²) >= 11 is 0. The predicted molar refractivity (Wildman–Crippen MR) is 153 cm³/mol. The summed E-state index contributed by atoms with van der Waals surface area (Å²) in [5.41, 5.74) is 5.77. The Morgan fingerprint density at radius 3 is 1.71 bits per heavy atom. The second-order valence-electron chi connectivity index (χ2n) is 10.9. The largest absolute Gasteiger partial charge is 0.504 e. The molecule has 2 N–H and O–H groups in total. The highest BCUT2D eigenvalue weighted by atomic mass is 19.1. The highest BCUT2D eigenvalue weighted by Crippen LogP contribution is 2.54. The molecule has 4 aromatic carbocycles. The summed E-state index contributed by atoms with van der Waals surface area (Å²) in [6.07, 6.45) is -0.763. The van der Waals surface area contributed by atoms with Crippen molar-refractivity contribution in [2.24, 2.45) is 0 Å². The van der Waals surface area contributed by atoms with E-state index in [1.807, 2.05) is 13.8 Å². The zero-order valence-corrected chi connectivity index (χ0v) is 23.8. The predicted octanol–water partition coefficient (Wildman–Crippen LogP) is 7.16. The van der Waals surface area contributed by atoms with Gasteiger partial charge in [0.15, 0.2) is 11.5 Å². The van der Waals surface area contributed by atoms with Crippen molar-refractivity contribution in [3.63, 3.8) is 0 Å². The Balaban J connectivity index is 1.64. The maximum Gasteiger partial charge on any atom is 0.164 e. The van der Waals surface area contributed by atoms with Gasteiger partial charge in [0, 0.05) is 22.8 Å². The van der Waals surface area contributed by atoms with Crippen LogP contribution in [-0.4, -0.2) is 36.6 Å². The first-order valence-corrected chi connectivity index (χ1v) is 13.9. The Bertz CT molecular complexity index is 1630. The molecule has 2 aliphatic rings. The van der Waals surface area contributed by atoms with E-state index >= 15 is 0 Å². The molecule has 6 rings (SSSR count). The van der Waals surface area contributed by atoms with Gasteiger partial charge in [0.1, 0.15) is 35.3 Å². The minimum atomic E-state index is -0.732. The molecular weight excluding hydrogens is 542 g/mol. The van der Waals surface area contributed by atoms with Gasteiger partial charge in [0.25, 0.3) is 0 Å². The molecule has 2 heterocycles. The Kier molecular flexibility index (Phi) is 7.29. The second-order valence-corrected chi connectivity index (χ2v) is 10.9. The summed E-state index contributed by atoms with van der Waals surface area (Å²) in [5, 5.41) is 22.3. The molecule has 0 amide bonds. The van der Waals surface area contributed by atoms with E-state index in [0.29, 0.717) is 41.0 Å². The molecule has 0 bridgehead atoms. The number of benzene rings is 4. The molecule has 0 aromatic heterocycles. The fraction of sp³-hybridized carbons (Fsp3) is 0.294. The molecule has 0 saturated heterocycles. The third-order valence-electron chi connectivity index (χ3n) is 8.13. The molecule has 0 spiro atoms. The summed E-state index contributed by atoms with van der Waals surface area (Å²) in [4.78, 5) is 0. The number of aromatic hydroxyl groups is 2. The van der Waals surface area contributed by atoms with Crippen LogP contribution < -0.4 is 9.47 Å². The van der Waals surface area contributed by atoms with Crippen LogP contribution in [0.5, 0.6) is 23.0 Å². The minimum Gasteiger partial charge on any atom is -0.504 e. The third-order valence-corrected chi connectivity index (χ3v) is 8.13. The van der Waals surface area contributed by atoms with E-state index in [1.165, 1.54) is 24.3 Å². The maximum atomic E-state index is 13.8. The van der Waals surface area contributed by atoms with Crippen molar-refractivity contribution in [2.75, 3.05) is 14.2 Å². The molecule has 0 radical (unpaired) electrons. The Morgan fingerprint density at radius 1 is 0.690 bits per heavy atom. The molecule has 8 heteroatoms. The summed E-state index contributed by atoms with van der Waals surface area (Å²) in [6.45, 7) is 3.91. The number of phenolic OH excluding ortho intramolecular Hbond substituents is 2. The van der Waals surface area contributed by atoms with Gasteiger partial charge in [0.2, 0.25) is 0 Å². The van der Waals surface area contributed by atoms with Gasteiger partial charge in [-0.15, -0.1) is 0 Å². The number of rotatable bonds is 5. The molecule has 2 aliphatic heterocycles. The average Bonchev–Trinajstić information content (AvgIpc) is 2.98. The lowest BCUT2D eigenvalue weighted by atomic mass is 9.79. The van der Waals surface area contributed by atoms with Crippen LogP contribution in [0.15, 0.2) is 60.7 Å². The number of fused-ring (bicyclic) bond motifs is 2. The van der Waals surface area contributed by atoms with Crippen molar-refractivity contribution < 1.29 is 37.9 Å². The average molecular weight is 575 g/mol. The number of hydrogen-bond acceptors (Lipinski definition) is 6. The second kappa shape index (κ2) is 10.9. The van der Waals surface area contributed by atoms with Crippen molar-refractivity contribution in [3.8, 4) is 34.1 Å². The van der Waals surface area contributed by atoms with E-state index < -0.39 is 12.2 Å². The minimum absolute atomic E-state index is 0.209. The molecule has 4 atom stereocenters. The molecule has 4 aromatic rings. The summed E-state index contributed by atoms with van der Waals surface area (Å²) in [7, 11) is 3.15. The summed E-state index contributed by atoms with van der Waals surface area (Å²) in [6, 6.07) is 15.5. The highest BCUT2D eigenvalue weighted by Gasteiger charge is 2.38. The Labute approximate surface area is 243 Å². The highest BCUT2D eigenvalue weighted by molar-refractivity contribution is 5.83. The first-order chi connectivity index (χ1) is 20.2. The number of phenols is 2. The van der Waals surface area contributed by atoms with Gasteiger partial charge in [-0.2, -0.15) is 0 Å². The first kappa shape index (κ1) is 28.0. The van der Waals surface area contributed by atoms with Crippen LogP contribution in [0.3, 0.4) is 0 Å². The Hall–Kier alpha value is -4.14. The van der Waals surface area contributed by atoms with Gasteiger partial charge < -0.3 is 29.2 Å². The maximum absolute atomic E-state index is 13.8. The fourth-order valence-corrected chi connectivity index (χ4v) is 6.31. The van der Waals surface area contributed by atoms with E-state index in [1.54, 1.807) is 50.6 Å². The van der Waals surface area contributed by atoms with Gasteiger partial charge in [-0.25, -0.2) is 8.78 Å². The number of ether oxygens (including phenoxy) is 4. The van der Waals surface area contributed by atoms with Crippen molar-refractivity contribution in [1.82, 2.24) is 0 Å². The zero-order chi connectivity index (χ0) is 29.7. The topological polar surface area (TPSA) is 77.4 Å². The lowest BCUT2D eigenvalue weighted by Crippen LogP contribution is -2.27. The van der Waals surface area contributed by atoms with Crippen LogP contribution in [-0.2, 0) is 22.3 Å². The van der Waals surface area contributed by atoms with E-state index in [2.05, 4.69) is 0 Å². The van der Waals surface area contributed by atoms with Gasteiger partial charge in [-0.05, 0) is 84.8 Å². The normalized spacial score (nSPS) is 21.4. The molecular formula is C34H32F2O6. The zero-order valence-electron chi connectivity index (χ0n) is 23.8. The monoisotopic (exact) mass is 574 g/mol. The van der Waals surface area contributed by atoms with E-state index in [0.717, 1.165) is 27.8 Å². The SMILES string of the molecule is COc1cc(OC)c2c(c1-c1cc(O)c(O)c3c1C[C@H](C)O[C@H]3c1ccc(F)cc1)C[C@H](C)O[C@H]2c1ccc(F)cc1. The van der Waals surface area contributed by atoms with E-state index in [9.17, 15) is 19.0 Å². The van der Waals surface area contributed by atoms with Gasteiger partial charge >= 0.3 is 0 Å². The number of methoxy groups -OCH3 is 2. The molecule has 42 heavy (non-hydrogen) atoms. The van der Waals surface area contributed by atoms with Crippen molar-refractivity contribution in [2.45, 2.75) is 51.1 Å². The summed E-state index contributed by atoms with van der Waals surface area (Å²) < 4.78 is 52.1. The number of hydrogen-bond donors (Lipinski definition) is 2. The van der Waals surface area contributed by atoms with E-state index in [-0.39, 0.29) is 35.3 Å². The quantitative estimate of drug-likeness (QED) is 0.246. The lowest BCUT2D eigenvalue weighted by Gasteiger charge is -2.36. The van der Waals surface area contributed by atoms with Crippen LogP contribution in [0.1, 0.15) is 59.4 Å². The van der Waals surface area contributed by atoms with Crippen LogP contribution in [0.4, 0.5) is 8.78 Å². The standard InChI is InChI=1S/C34H32F2O6/c1-17-13-23-24(15-26(37)32(38)31(23)34(42-17)20-7-11-22(36)12-8-20)29-25-14-18(2)41-33(19-5-9-21(35)10-6-19)30(25)28(40-4)16-27(29)39-3/h5-12,15-18,33-34,37-38H,13-14H2,1-4H3/t17-,18-,33-,34-/m0/s1. The van der Waals surface area contributed by atoms with Crippen molar-refractivity contribution >= 4 is 0 Å². The molecule has 0 unspecified atom stereocenters. The van der Waals surface area contributed by atoms with Crippen LogP contribution in [0.25, 0.3) is 11.1 Å². The van der Waals surface area contributed by atoms with E-state index in [4.69, 9.17) is 18.9 Å². The lowest BCUT2D eigenvalue weighted by molar-refractivity contribution is 0.00515. The van der Waals surface area contributed by atoms with Crippen LogP contribution >= 0.6 is 0 Å². The first-order valence-electron chi connectivity index (χ1n) is 13.9. The molecule has 0 saturated carbocycles.